The van der Waals surface area contributed by atoms with Crippen molar-refractivity contribution in [3.8, 4) is 0 Å². The molecule has 0 unspecified atom stereocenters. The molecular formula is C22H21ClN4O2. The van der Waals surface area contributed by atoms with Gasteiger partial charge in [0, 0.05) is 37.8 Å². The van der Waals surface area contributed by atoms with Crippen LogP contribution < -0.4 is 0 Å². The van der Waals surface area contributed by atoms with Crippen LogP contribution in [0.1, 0.15) is 32.1 Å². The number of rotatable bonds is 5. The van der Waals surface area contributed by atoms with Crippen LogP contribution in [0, 0.1) is 0 Å². The number of carbonyl (C=O) groups is 2. The molecule has 0 fully saturated rings. The molecule has 0 N–H and O–H groups in total. The second-order valence-electron chi connectivity index (χ2n) is 7.14. The van der Waals surface area contributed by atoms with Crippen molar-refractivity contribution in [1.29, 1.82) is 0 Å². The zero-order chi connectivity index (χ0) is 20.4. The van der Waals surface area contributed by atoms with Gasteiger partial charge in [0.15, 0.2) is 5.69 Å². The summed E-state index contributed by atoms with van der Waals surface area (Å²) in [5.41, 5.74) is 2.74. The summed E-state index contributed by atoms with van der Waals surface area (Å²) < 4.78 is 1.63. The van der Waals surface area contributed by atoms with Gasteiger partial charge in [-0.25, -0.2) is 0 Å². The van der Waals surface area contributed by atoms with Gasteiger partial charge in [0.2, 0.25) is 0 Å². The van der Waals surface area contributed by atoms with E-state index in [9.17, 15) is 9.59 Å². The molecule has 2 aromatic carbocycles. The third kappa shape index (κ3) is 4.17. The summed E-state index contributed by atoms with van der Waals surface area (Å²) in [5.74, 6) is -0.335. The van der Waals surface area contributed by atoms with Crippen LogP contribution in [-0.4, -0.2) is 45.0 Å². The van der Waals surface area contributed by atoms with Crippen LogP contribution in [0.15, 0.2) is 60.7 Å². The van der Waals surface area contributed by atoms with E-state index in [1.807, 2.05) is 54.6 Å². The summed E-state index contributed by atoms with van der Waals surface area (Å²) in [7, 11) is 1.74. The number of hydrogen-bond donors (Lipinski definition) is 0. The lowest BCUT2D eigenvalue weighted by Crippen LogP contribution is -2.39. The van der Waals surface area contributed by atoms with Crippen LogP contribution in [0.25, 0.3) is 0 Å². The molecule has 1 aromatic heterocycles. The Balaban J connectivity index is 1.48. The molecule has 2 amide bonds. The average Bonchev–Trinajstić information content (AvgIpc) is 3.15. The SMILES string of the molecule is CN(Cc1ccccc1)C(=O)c1cc2n(n1)CCN(Cc1cccc(Cl)c1)C2=O. The lowest BCUT2D eigenvalue weighted by molar-refractivity contribution is 0.0682. The topological polar surface area (TPSA) is 58.4 Å². The average molecular weight is 409 g/mol. The van der Waals surface area contributed by atoms with Gasteiger partial charge in [-0.2, -0.15) is 5.10 Å². The number of aromatic nitrogens is 2. The van der Waals surface area contributed by atoms with Crippen molar-refractivity contribution >= 4 is 23.4 Å². The molecule has 2 heterocycles. The zero-order valence-electron chi connectivity index (χ0n) is 16.1. The highest BCUT2D eigenvalue weighted by Crippen LogP contribution is 2.19. The molecule has 1 aliphatic rings. The minimum atomic E-state index is -0.204. The van der Waals surface area contributed by atoms with E-state index in [0.29, 0.717) is 36.9 Å². The molecule has 4 rings (SSSR count). The molecule has 0 atom stereocenters. The Hall–Kier alpha value is -3.12. The molecule has 0 saturated carbocycles. The fraction of sp³-hybridized carbons (Fsp3) is 0.227. The van der Waals surface area contributed by atoms with Crippen LogP contribution in [0.5, 0.6) is 0 Å². The monoisotopic (exact) mass is 408 g/mol. The van der Waals surface area contributed by atoms with Crippen molar-refractivity contribution in [2.24, 2.45) is 0 Å². The lowest BCUT2D eigenvalue weighted by atomic mass is 10.2. The molecular weight excluding hydrogens is 388 g/mol. The summed E-state index contributed by atoms with van der Waals surface area (Å²) >= 11 is 6.05. The number of fused-ring (bicyclic) bond motifs is 1. The van der Waals surface area contributed by atoms with E-state index in [-0.39, 0.29) is 17.5 Å². The molecule has 6 nitrogen and oxygen atoms in total. The smallest absolute Gasteiger partial charge is 0.274 e. The summed E-state index contributed by atoms with van der Waals surface area (Å²) in [6.07, 6.45) is 0. The van der Waals surface area contributed by atoms with Crippen molar-refractivity contribution in [3.63, 3.8) is 0 Å². The van der Waals surface area contributed by atoms with Gasteiger partial charge >= 0.3 is 0 Å². The number of halogens is 1. The Labute approximate surface area is 174 Å². The van der Waals surface area contributed by atoms with E-state index in [1.165, 1.54) is 0 Å². The van der Waals surface area contributed by atoms with Crippen molar-refractivity contribution in [3.05, 3.63) is 88.2 Å². The first-order valence-corrected chi connectivity index (χ1v) is 9.80. The van der Waals surface area contributed by atoms with Gasteiger partial charge in [-0.3, -0.25) is 14.3 Å². The van der Waals surface area contributed by atoms with Crippen LogP contribution in [-0.2, 0) is 19.6 Å². The van der Waals surface area contributed by atoms with Crippen LogP contribution >= 0.6 is 11.6 Å². The predicted molar refractivity (Wildman–Crippen MR) is 111 cm³/mol. The first-order valence-electron chi connectivity index (χ1n) is 9.42. The maximum absolute atomic E-state index is 12.9. The molecule has 1 aliphatic heterocycles. The van der Waals surface area contributed by atoms with E-state index in [0.717, 1.165) is 11.1 Å². The van der Waals surface area contributed by atoms with E-state index < -0.39 is 0 Å². The van der Waals surface area contributed by atoms with E-state index in [4.69, 9.17) is 11.6 Å². The Kier molecular flexibility index (Phi) is 5.36. The molecule has 3 aromatic rings. The Morgan fingerprint density at radius 2 is 1.83 bits per heavy atom. The summed E-state index contributed by atoms with van der Waals surface area (Å²) in [6, 6.07) is 18.8. The Morgan fingerprint density at radius 3 is 2.59 bits per heavy atom. The first-order chi connectivity index (χ1) is 14.0. The number of benzene rings is 2. The fourth-order valence-corrected chi connectivity index (χ4v) is 3.69. The molecule has 0 bridgehead atoms. The maximum Gasteiger partial charge on any atom is 0.274 e. The quantitative estimate of drug-likeness (QED) is 0.649. The van der Waals surface area contributed by atoms with Gasteiger partial charge in [0.25, 0.3) is 11.8 Å². The zero-order valence-corrected chi connectivity index (χ0v) is 16.8. The Morgan fingerprint density at radius 1 is 1.07 bits per heavy atom. The highest BCUT2D eigenvalue weighted by molar-refractivity contribution is 6.30. The molecule has 0 saturated heterocycles. The molecule has 148 valence electrons. The van der Waals surface area contributed by atoms with Crippen molar-refractivity contribution in [1.82, 2.24) is 19.6 Å². The predicted octanol–water partition coefficient (Wildman–Crippen LogP) is 3.46. The van der Waals surface area contributed by atoms with Gasteiger partial charge in [-0.15, -0.1) is 0 Å². The summed E-state index contributed by atoms with van der Waals surface area (Å²) in [5, 5.41) is 5.02. The number of nitrogens with zero attached hydrogens (tertiary/aromatic N) is 4. The van der Waals surface area contributed by atoms with Gasteiger partial charge in [0.1, 0.15) is 5.69 Å². The molecule has 0 aliphatic carbocycles. The third-order valence-electron chi connectivity index (χ3n) is 4.96. The highest BCUT2D eigenvalue weighted by Gasteiger charge is 2.28. The standard InChI is InChI=1S/C22H21ClN4O2/c1-25(14-16-6-3-2-4-7-16)21(28)19-13-20-22(29)26(10-11-27(20)24-19)15-17-8-5-9-18(23)12-17/h2-9,12-13H,10-11,14-15H2,1H3. The van der Waals surface area contributed by atoms with Gasteiger partial charge in [-0.05, 0) is 23.3 Å². The molecule has 0 radical (unpaired) electrons. The third-order valence-corrected chi connectivity index (χ3v) is 5.19. The van der Waals surface area contributed by atoms with Crippen molar-refractivity contribution in [2.75, 3.05) is 13.6 Å². The van der Waals surface area contributed by atoms with Crippen molar-refractivity contribution in [2.45, 2.75) is 19.6 Å². The fourth-order valence-electron chi connectivity index (χ4n) is 3.47. The van der Waals surface area contributed by atoms with Crippen LogP contribution in [0.4, 0.5) is 0 Å². The van der Waals surface area contributed by atoms with Crippen molar-refractivity contribution < 1.29 is 9.59 Å². The van der Waals surface area contributed by atoms with Crippen LogP contribution in [0.3, 0.4) is 0 Å². The van der Waals surface area contributed by atoms with Gasteiger partial charge in [0.05, 0.1) is 6.54 Å². The maximum atomic E-state index is 12.9. The van der Waals surface area contributed by atoms with E-state index in [1.54, 1.807) is 27.6 Å². The second-order valence-corrected chi connectivity index (χ2v) is 7.58. The number of carbonyl (C=O) groups excluding carboxylic acids is 2. The van der Waals surface area contributed by atoms with Gasteiger partial charge < -0.3 is 9.80 Å². The molecule has 7 heteroatoms. The van der Waals surface area contributed by atoms with E-state index in [2.05, 4.69) is 5.10 Å². The van der Waals surface area contributed by atoms with Crippen LogP contribution in [0.2, 0.25) is 5.02 Å². The summed E-state index contributed by atoms with van der Waals surface area (Å²) in [6.45, 7) is 2.04. The normalized spacial score (nSPS) is 13.3. The second kappa shape index (κ2) is 8.09. The van der Waals surface area contributed by atoms with E-state index >= 15 is 0 Å². The minimum Gasteiger partial charge on any atom is -0.336 e. The van der Waals surface area contributed by atoms with Gasteiger partial charge in [-0.1, -0.05) is 54.1 Å². The lowest BCUT2D eigenvalue weighted by Gasteiger charge is -2.27. The largest absolute Gasteiger partial charge is 0.336 e. The first kappa shape index (κ1) is 19.2. The summed E-state index contributed by atoms with van der Waals surface area (Å²) in [4.78, 5) is 29.1. The Bertz CT molecular complexity index is 1050. The highest BCUT2D eigenvalue weighted by atomic mass is 35.5. The molecule has 0 spiro atoms. The number of hydrogen-bond acceptors (Lipinski definition) is 3. The number of amides is 2. The minimum absolute atomic E-state index is 0.131. The molecule has 29 heavy (non-hydrogen) atoms.